The van der Waals surface area contributed by atoms with Crippen molar-refractivity contribution in [2.75, 3.05) is 43.5 Å². The van der Waals surface area contributed by atoms with Crippen LogP contribution in [0.2, 0.25) is 0 Å². The summed E-state index contributed by atoms with van der Waals surface area (Å²) in [6.07, 6.45) is 1.40. The van der Waals surface area contributed by atoms with Crippen LogP contribution in [0.4, 0.5) is 11.4 Å². The predicted octanol–water partition coefficient (Wildman–Crippen LogP) is -0.0153. The van der Waals surface area contributed by atoms with E-state index in [0.717, 1.165) is 17.7 Å². The van der Waals surface area contributed by atoms with Crippen molar-refractivity contribution in [2.24, 2.45) is 0 Å². The SMILES string of the molecule is Nc1ccc(N(CCO)CCO)c(CCCO)c1. The maximum atomic E-state index is 9.06. The minimum absolute atomic E-state index is 0.0316. The van der Waals surface area contributed by atoms with E-state index in [1.807, 2.05) is 17.0 Å². The second-order valence-corrected chi connectivity index (χ2v) is 4.15. The fourth-order valence-electron chi connectivity index (χ4n) is 1.98. The number of rotatable bonds is 8. The number of aliphatic hydroxyl groups is 3. The van der Waals surface area contributed by atoms with Crippen LogP contribution in [0.3, 0.4) is 0 Å². The first-order valence-electron chi connectivity index (χ1n) is 6.19. The van der Waals surface area contributed by atoms with Gasteiger partial charge in [-0.15, -0.1) is 0 Å². The molecule has 18 heavy (non-hydrogen) atoms. The highest BCUT2D eigenvalue weighted by Gasteiger charge is 2.10. The lowest BCUT2D eigenvalue weighted by Gasteiger charge is -2.26. The average Bonchev–Trinajstić information content (AvgIpc) is 2.36. The van der Waals surface area contributed by atoms with Gasteiger partial charge in [0.2, 0.25) is 0 Å². The van der Waals surface area contributed by atoms with Gasteiger partial charge >= 0.3 is 0 Å². The summed E-state index contributed by atoms with van der Waals surface area (Å²) >= 11 is 0. The van der Waals surface area contributed by atoms with E-state index in [4.69, 9.17) is 21.1 Å². The average molecular weight is 254 g/mol. The van der Waals surface area contributed by atoms with Crippen LogP contribution in [0, 0.1) is 0 Å². The second-order valence-electron chi connectivity index (χ2n) is 4.15. The largest absolute Gasteiger partial charge is 0.399 e. The number of anilines is 2. The first-order chi connectivity index (χ1) is 8.72. The van der Waals surface area contributed by atoms with Crippen molar-refractivity contribution in [3.63, 3.8) is 0 Å². The zero-order valence-corrected chi connectivity index (χ0v) is 10.5. The van der Waals surface area contributed by atoms with Gasteiger partial charge in [0, 0.05) is 31.1 Å². The highest BCUT2D eigenvalue weighted by molar-refractivity contribution is 5.59. The van der Waals surface area contributed by atoms with Crippen molar-refractivity contribution in [1.29, 1.82) is 0 Å². The molecule has 0 radical (unpaired) electrons. The lowest BCUT2D eigenvalue weighted by atomic mass is 10.1. The Morgan fingerprint density at radius 3 is 2.22 bits per heavy atom. The molecule has 0 spiro atoms. The van der Waals surface area contributed by atoms with Crippen LogP contribution in [0.15, 0.2) is 18.2 Å². The van der Waals surface area contributed by atoms with E-state index >= 15 is 0 Å². The van der Waals surface area contributed by atoms with Crippen LogP contribution in [0.25, 0.3) is 0 Å². The molecule has 0 aliphatic rings. The molecule has 1 aromatic rings. The third-order valence-corrected chi connectivity index (χ3v) is 2.79. The van der Waals surface area contributed by atoms with Crippen molar-refractivity contribution >= 4 is 11.4 Å². The summed E-state index contributed by atoms with van der Waals surface area (Å²) in [6.45, 7) is 1.13. The molecule has 0 heterocycles. The third kappa shape index (κ3) is 4.18. The summed E-state index contributed by atoms with van der Waals surface area (Å²) in [5.74, 6) is 0. The number of nitrogens with two attached hydrogens (primary N) is 1. The predicted molar refractivity (Wildman–Crippen MR) is 72.6 cm³/mol. The molecule has 5 nitrogen and oxygen atoms in total. The van der Waals surface area contributed by atoms with E-state index in [1.54, 1.807) is 6.07 Å². The Morgan fingerprint density at radius 1 is 1.00 bits per heavy atom. The molecule has 0 fully saturated rings. The molecule has 1 rings (SSSR count). The monoisotopic (exact) mass is 254 g/mol. The lowest BCUT2D eigenvalue weighted by Crippen LogP contribution is -2.30. The fourth-order valence-corrected chi connectivity index (χ4v) is 1.98. The minimum Gasteiger partial charge on any atom is -0.399 e. The van der Waals surface area contributed by atoms with Gasteiger partial charge in [0.05, 0.1) is 13.2 Å². The van der Waals surface area contributed by atoms with E-state index in [-0.39, 0.29) is 19.8 Å². The molecule has 0 saturated carbocycles. The Hall–Kier alpha value is -1.30. The zero-order valence-electron chi connectivity index (χ0n) is 10.5. The third-order valence-electron chi connectivity index (χ3n) is 2.79. The Kier molecular flexibility index (Phi) is 6.49. The fraction of sp³-hybridized carbons (Fsp3) is 0.538. The molecule has 0 aliphatic heterocycles. The van der Waals surface area contributed by atoms with Crippen LogP contribution in [0.5, 0.6) is 0 Å². The quantitative estimate of drug-likeness (QED) is 0.490. The number of nitrogens with zero attached hydrogens (tertiary/aromatic N) is 1. The molecular formula is C13H22N2O3. The maximum absolute atomic E-state index is 9.06. The van der Waals surface area contributed by atoms with E-state index in [0.29, 0.717) is 25.2 Å². The van der Waals surface area contributed by atoms with Gasteiger partial charge in [0.25, 0.3) is 0 Å². The molecule has 0 saturated heterocycles. The molecule has 5 N–H and O–H groups in total. The van der Waals surface area contributed by atoms with Gasteiger partial charge in [-0.1, -0.05) is 0 Å². The number of hydrogen-bond acceptors (Lipinski definition) is 5. The van der Waals surface area contributed by atoms with E-state index in [1.165, 1.54) is 0 Å². The molecule has 0 bridgehead atoms. The van der Waals surface area contributed by atoms with E-state index in [2.05, 4.69) is 0 Å². The molecule has 102 valence electrons. The van der Waals surface area contributed by atoms with Gasteiger partial charge in [-0.05, 0) is 36.6 Å². The number of hydrogen-bond donors (Lipinski definition) is 4. The minimum atomic E-state index is 0.0316. The first kappa shape index (κ1) is 14.8. The Balaban J connectivity index is 2.95. The van der Waals surface area contributed by atoms with Gasteiger partial charge in [0.1, 0.15) is 0 Å². The molecular weight excluding hydrogens is 232 g/mol. The Morgan fingerprint density at radius 2 is 1.67 bits per heavy atom. The highest BCUT2D eigenvalue weighted by Crippen LogP contribution is 2.24. The summed E-state index contributed by atoms with van der Waals surface area (Å²) in [5, 5.41) is 27.0. The van der Waals surface area contributed by atoms with Crippen LogP contribution >= 0.6 is 0 Å². The zero-order chi connectivity index (χ0) is 13.4. The van der Waals surface area contributed by atoms with Crippen molar-refractivity contribution in [3.8, 4) is 0 Å². The lowest BCUT2D eigenvalue weighted by molar-refractivity contribution is 0.280. The van der Waals surface area contributed by atoms with Gasteiger partial charge in [0.15, 0.2) is 0 Å². The smallest absolute Gasteiger partial charge is 0.0606 e. The normalized spacial score (nSPS) is 10.6. The van der Waals surface area contributed by atoms with Crippen LogP contribution in [-0.2, 0) is 6.42 Å². The summed E-state index contributed by atoms with van der Waals surface area (Å²) < 4.78 is 0. The number of aliphatic hydroxyl groups excluding tert-OH is 3. The van der Waals surface area contributed by atoms with Crippen molar-refractivity contribution < 1.29 is 15.3 Å². The number of nitrogen functional groups attached to an aromatic ring is 1. The van der Waals surface area contributed by atoms with E-state index in [9.17, 15) is 0 Å². The molecule has 0 unspecified atom stereocenters. The summed E-state index contributed by atoms with van der Waals surface area (Å²) in [4.78, 5) is 1.92. The highest BCUT2D eigenvalue weighted by atomic mass is 16.3. The molecule has 0 aromatic heterocycles. The first-order valence-corrected chi connectivity index (χ1v) is 6.19. The number of benzene rings is 1. The van der Waals surface area contributed by atoms with Crippen LogP contribution in [-0.4, -0.2) is 48.2 Å². The standard InChI is InChI=1S/C13H22N2O3/c14-12-3-4-13(11(10-12)2-1-7-16)15(5-8-17)6-9-18/h3-4,10,16-18H,1-2,5-9,14H2. The molecule has 0 atom stereocenters. The van der Waals surface area contributed by atoms with Crippen molar-refractivity contribution in [3.05, 3.63) is 23.8 Å². The summed E-state index contributed by atoms with van der Waals surface area (Å²) in [6, 6.07) is 5.58. The molecule has 5 heteroatoms. The van der Waals surface area contributed by atoms with E-state index < -0.39 is 0 Å². The van der Waals surface area contributed by atoms with Gasteiger partial charge in [-0.25, -0.2) is 0 Å². The van der Waals surface area contributed by atoms with Crippen molar-refractivity contribution in [2.45, 2.75) is 12.8 Å². The van der Waals surface area contributed by atoms with Crippen LogP contribution < -0.4 is 10.6 Å². The molecule has 0 amide bonds. The summed E-state index contributed by atoms with van der Waals surface area (Å²) in [7, 11) is 0. The van der Waals surface area contributed by atoms with Gasteiger partial charge < -0.3 is 26.0 Å². The second kappa shape index (κ2) is 7.92. The molecule has 1 aromatic carbocycles. The Bertz CT molecular complexity index is 352. The van der Waals surface area contributed by atoms with Gasteiger partial charge in [-0.3, -0.25) is 0 Å². The molecule has 0 aliphatic carbocycles. The van der Waals surface area contributed by atoms with Gasteiger partial charge in [-0.2, -0.15) is 0 Å². The maximum Gasteiger partial charge on any atom is 0.0606 e. The summed E-state index contributed by atoms with van der Waals surface area (Å²) in [5.41, 5.74) is 8.44. The van der Waals surface area contributed by atoms with Crippen LogP contribution in [0.1, 0.15) is 12.0 Å². The van der Waals surface area contributed by atoms with Crippen molar-refractivity contribution in [1.82, 2.24) is 0 Å². The number of aryl methyl sites for hydroxylation is 1. The Labute approximate surface area is 107 Å². The topological polar surface area (TPSA) is 90.0 Å².